The van der Waals surface area contributed by atoms with Gasteiger partial charge in [0.2, 0.25) is 5.91 Å². The Labute approximate surface area is 164 Å². The van der Waals surface area contributed by atoms with Crippen LogP contribution in [-0.4, -0.2) is 35.1 Å². The molecule has 148 valence electrons. The fourth-order valence-electron chi connectivity index (χ4n) is 3.92. The summed E-state index contributed by atoms with van der Waals surface area (Å²) in [5.41, 5.74) is 2.86. The number of ether oxygens (including phenoxy) is 2. The zero-order valence-electron chi connectivity index (χ0n) is 16.0. The molecule has 0 fully saturated rings. The summed E-state index contributed by atoms with van der Waals surface area (Å²) < 4.78 is 39.3. The van der Waals surface area contributed by atoms with Crippen LogP contribution in [0, 0.1) is 0 Å². The monoisotopic (exact) mass is 402 g/mol. The van der Waals surface area contributed by atoms with E-state index in [0.717, 1.165) is 29.7 Å². The fraction of sp³-hybridized carbons (Fsp3) is 0.350. The van der Waals surface area contributed by atoms with Gasteiger partial charge in [0.15, 0.2) is 0 Å². The van der Waals surface area contributed by atoms with Crippen LogP contribution in [0.5, 0.6) is 11.5 Å². The van der Waals surface area contributed by atoms with Crippen LogP contribution in [0.2, 0.25) is 0 Å². The molecule has 0 bridgehead atoms. The first-order valence-corrected chi connectivity index (χ1v) is 10.6. The van der Waals surface area contributed by atoms with Crippen molar-refractivity contribution in [1.29, 1.82) is 0 Å². The maximum Gasteiger partial charge on any atom is 0.262 e. The van der Waals surface area contributed by atoms with Crippen LogP contribution in [0.1, 0.15) is 30.4 Å². The summed E-state index contributed by atoms with van der Waals surface area (Å²) in [5, 5.41) is 0. The topological polar surface area (TPSA) is 84.9 Å². The second-order valence-electron chi connectivity index (χ2n) is 7.01. The van der Waals surface area contributed by atoms with Crippen molar-refractivity contribution in [2.75, 3.05) is 30.4 Å². The first-order valence-electron chi connectivity index (χ1n) is 9.08. The molecule has 4 rings (SSSR count). The molecule has 28 heavy (non-hydrogen) atoms. The second kappa shape index (κ2) is 6.70. The first kappa shape index (κ1) is 18.6. The van der Waals surface area contributed by atoms with Gasteiger partial charge in [-0.15, -0.1) is 0 Å². The van der Waals surface area contributed by atoms with Crippen molar-refractivity contribution in [3.63, 3.8) is 0 Å². The highest BCUT2D eigenvalue weighted by Crippen LogP contribution is 2.44. The van der Waals surface area contributed by atoms with E-state index in [1.165, 1.54) is 14.2 Å². The van der Waals surface area contributed by atoms with Gasteiger partial charge in [-0.1, -0.05) is 0 Å². The van der Waals surface area contributed by atoms with Gasteiger partial charge in [0.25, 0.3) is 10.0 Å². The molecule has 0 spiro atoms. The lowest BCUT2D eigenvalue weighted by Crippen LogP contribution is -2.32. The summed E-state index contributed by atoms with van der Waals surface area (Å²) in [5.74, 6) is 0.597. The van der Waals surface area contributed by atoms with Gasteiger partial charge >= 0.3 is 0 Å². The molecule has 7 nitrogen and oxygen atoms in total. The van der Waals surface area contributed by atoms with Crippen LogP contribution < -0.4 is 19.1 Å². The molecule has 0 aromatic heterocycles. The number of methoxy groups -OCH3 is 2. The summed E-state index contributed by atoms with van der Waals surface area (Å²) in [6, 6.07) is 8.19. The third-order valence-corrected chi connectivity index (χ3v) is 6.70. The van der Waals surface area contributed by atoms with Gasteiger partial charge in [0.1, 0.15) is 11.5 Å². The Hall–Kier alpha value is -2.74. The molecule has 1 atom stereocenters. The predicted molar refractivity (Wildman–Crippen MR) is 106 cm³/mol. The van der Waals surface area contributed by atoms with Crippen LogP contribution in [0.15, 0.2) is 35.2 Å². The highest BCUT2D eigenvalue weighted by molar-refractivity contribution is 7.92. The SMILES string of the molecule is COc1ccc(OC)c(NS(=O)(=O)c2cc3c4c(c2)C(C)C(=O)N4CCC3)c1. The molecule has 0 saturated carbocycles. The third-order valence-electron chi connectivity index (χ3n) is 5.35. The van der Waals surface area contributed by atoms with Crippen molar-refractivity contribution in [1.82, 2.24) is 0 Å². The smallest absolute Gasteiger partial charge is 0.262 e. The van der Waals surface area contributed by atoms with E-state index in [0.29, 0.717) is 23.7 Å². The molecule has 0 aliphatic carbocycles. The second-order valence-corrected chi connectivity index (χ2v) is 8.69. The van der Waals surface area contributed by atoms with Gasteiger partial charge in [-0.3, -0.25) is 9.52 Å². The molecule has 2 aliphatic heterocycles. The van der Waals surface area contributed by atoms with Crippen molar-refractivity contribution in [3.8, 4) is 11.5 Å². The number of aryl methyl sites for hydroxylation is 1. The number of nitrogens with zero attached hydrogens (tertiary/aromatic N) is 1. The van der Waals surface area contributed by atoms with Crippen molar-refractivity contribution >= 4 is 27.3 Å². The minimum absolute atomic E-state index is 0.0351. The molecule has 2 aromatic carbocycles. The maximum atomic E-state index is 13.1. The standard InChI is InChI=1S/C20H22N2O5S/c1-12-16-11-15(9-13-5-4-8-22(19(13)16)20(12)23)28(24,25)21-17-10-14(26-2)6-7-18(17)27-3/h6-7,9-12,21H,4-5,8H2,1-3H3. The molecule has 1 unspecified atom stereocenters. The van der Waals surface area contributed by atoms with E-state index in [4.69, 9.17) is 9.47 Å². The van der Waals surface area contributed by atoms with E-state index in [1.807, 2.05) is 6.92 Å². The zero-order chi connectivity index (χ0) is 20.1. The number of carbonyl (C=O) groups excluding carboxylic acids is 1. The summed E-state index contributed by atoms with van der Waals surface area (Å²) >= 11 is 0. The van der Waals surface area contributed by atoms with Gasteiger partial charge < -0.3 is 14.4 Å². The van der Waals surface area contributed by atoms with E-state index >= 15 is 0 Å². The molecule has 1 amide bonds. The van der Waals surface area contributed by atoms with Crippen molar-refractivity contribution < 1.29 is 22.7 Å². The average Bonchev–Trinajstić information content (AvgIpc) is 2.94. The molecular formula is C20H22N2O5S. The number of benzene rings is 2. The summed E-state index contributed by atoms with van der Waals surface area (Å²) in [4.78, 5) is 14.4. The third kappa shape index (κ3) is 2.88. The number of anilines is 2. The van der Waals surface area contributed by atoms with Crippen LogP contribution in [0.25, 0.3) is 0 Å². The largest absolute Gasteiger partial charge is 0.497 e. The zero-order valence-corrected chi connectivity index (χ0v) is 16.8. The molecule has 0 saturated heterocycles. The van der Waals surface area contributed by atoms with Crippen LogP contribution in [0.3, 0.4) is 0 Å². The Morgan fingerprint density at radius 3 is 2.64 bits per heavy atom. The van der Waals surface area contributed by atoms with Crippen molar-refractivity contribution in [3.05, 3.63) is 41.5 Å². The molecule has 2 aliphatic rings. The van der Waals surface area contributed by atoms with Crippen molar-refractivity contribution in [2.24, 2.45) is 0 Å². The molecular weight excluding hydrogens is 380 g/mol. The minimum atomic E-state index is -3.87. The highest BCUT2D eigenvalue weighted by Gasteiger charge is 2.38. The first-order chi connectivity index (χ1) is 13.4. The number of amides is 1. The van der Waals surface area contributed by atoms with Gasteiger partial charge in [-0.2, -0.15) is 0 Å². The van der Waals surface area contributed by atoms with E-state index in [9.17, 15) is 13.2 Å². The number of hydrogen-bond donors (Lipinski definition) is 1. The van der Waals surface area contributed by atoms with E-state index in [-0.39, 0.29) is 16.7 Å². The van der Waals surface area contributed by atoms with E-state index in [2.05, 4.69) is 4.72 Å². The Bertz CT molecular complexity index is 1060. The van der Waals surface area contributed by atoms with Gasteiger partial charge in [-0.05, 0) is 55.2 Å². The Morgan fingerprint density at radius 2 is 1.93 bits per heavy atom. The number of nitrogens with one attached hydrogen (secondary N) is 1. The van der Waals surface area contributed by atoms with E-state index in [1.54, 1.807) is 35.2 Å². The Morgan fingerprint density at radius 1 is 1.14 bits per heavy atom. The number of carbonyl (C=O) groups is 1. The van der Waals surface area contributed by atoms with Gasteiger partial charge in [0, 0.05) is 12.6 Å². The number of hydrogen-bond acceptors (Lipinski definition) is 5. The van der Waals surface area contributed by atoms with Gasteiger partial charge in [0.05, 0.1) is 36.4 Å². The quantitative estimate of drug-likeness (QED) is 0.831. The summed E-state index contributed by atoms with van der Waals surface area (Å²) in [6.07, 6.45) is 1.58. The average molecular weight is 402 g/mol. The maximum absolute atomic E-state index is 13.1. The van der Waals surface area contributed by atoms with E-state index < -0.39 is 10.0 Å². The normalized spacial score (nSPS) is 18.0. The van der Waals surface area contributed by atoms with Crippen LogP contribution in [0.4, 0.5) is 11.4 Å². The Kier molecular flexibility index (Phi) is 4.45. The predicted octanol–water partition coefficient (Wildman–Crippen LogP) is 2.90. The Balaban J connectivity index is 1.77. The molecule has 2 heterocycles. The summed E-state index contributed by atoms with van der Waals surface area (Å²) in [6.45, 7) is 2.51. The lowest BCUT2D eigenvalue weighted by molar-refractivity contribution is -0.119. The van der Waals surface area contributed by atoms with Gasteiger partial charge in [-0.25, -0.2) is 8.42 Å². The molecule has 1 N–H and O–H groups in total. The van der Waals surface area contributed by atoms with Crippen LogP contribution in [-0.2, 0) is 21.2 Å². The molecule has 0 radical (unpaired) electrons. The summed E-state index contributed by atoms with van der Waals surface area (Å²) in [7, 11) is -0.892. The lowest BCUT2D eigenvalue weighted by atomic mass is 9.97. The molecule has 2 aromatic rings. The lowest BCUT2D eigenvalue weighted by Gasteiger charge is -2.26. The number of rotatable bonds is 5. The fourth-order valence-corrected chi connectivity index (χ4v) is 5.06. The minimum Gasteiger partial charge on any atom is -0.497 e. The highest BCUT2D eigenvalue weighted by atomic mass is 32.2. The van der Waals surface area contributed by atoms with Crippen LogP contribution >= 0.6 is 0 Å². The molecule has 8 heteroatoms. The van der Waals surface area contributed by atoms with Crippen molar-refractivity contribution in [2.45, 2.75) is 30.6 Å². The number of sulfonamides is 1.